The summed E-state index contributed by atoms with van der Waals surface area (Å²) in [7, 11) is 0. The zero-order valence-electron chi connectivity index (χ0n) is 16.5. The maximum Gasteiger partial charge on any atom is 0.242 e. The van der Waals surface area contributed by atoms with Crippen LogP contribution in [0.4, 0.5) is 0 Å². The molecule has 2 aromatic carbocycles. The van der Waals surface area contributed by atoms with Crippen LogP contribution in [0.2, 0.25) is 0 Å². The Hall–Kier alpha value is -2.62. The largest absolute Gasteiger partial charge is 0.354 e. The van der Waals surface area contributed by atoms with Gasteiger partial charge in [0.15, 0.2) is 0 Å². The number of amides is 2. The molecule has 144 valence electrons. The van der Waals surface area contributed by atoms with Gasteiger partial charge in [0.2, 0.25) is 11.8 Å². The lowest BCUT2D eigenvalue weighted by Gasteiger charge is -2.29. The zero-order chi connectivity index (χ0) is 19.6. The molecule has 0 aliphatic carbocycles. The first-order valence-electron chi connectivity index (χ1n) is 9.62. The SMILES string of the molecule is CC(C)CNC(=O)[C@@H](C)N(CCc1ccccc1)C(=O)Cc1ccccc1. The van der Waals surface area contributed by atoms with Gasteiger partial charge in [-0.3, -0.25) is 9.59 Å². The first-order valence-corrected chi connectivity index (χ1v) is 9.62. The van der Waals surface area contributed by atoms with E-state index in [0.717, 1.165) is 17.5 Å². The fourth-order valence-corrected chi connectivity index (χ4v) is 2.89. The van der Waals surface area contributed by atoms with Crippen LogP contribution in [0.25, 0.3) is 0 Å². The molecule has 0 heterocycles. The molecule has 0 aromatic heterocycles. The molecule has 0 aliphatic heterocycles. The molecule has 0 spiro atoms. The summed E-state index contributed by atoms with van der Waals surface area (Å²) in [4.78, 5) is 27.2. The van der Waals surface area contributed by atoms with Crippen LogP contribution < -0.4 is 5.32 Å². The third-order valence-electron chi connectivity index (χ3n) is 4.53. The van der Waals surface area contributed by atoms with Crippen molar-refractivity contribution in [2.24, 2.45) is 5.92 Å². The molecule has 1 atom stereocenters. The Morgan fingerprint density at radius 1 is 0.889 bits per heavy atom. The molecule has 1 N–H and O–H groups in total. The Morgan fingerprint density at radius 2 is 1.44 bits per heavy atom. The summed E-state index contributed by atoms with van der Waals surface area (Å²) in [5.74, 6) is 0.251. The van der Waals surface area contributed by atoms with Crippen molar-refractivity contribution in [2.75, 3.05) is 13.1 Å². The molecule has 0 aliphatic rings. The van der Waals surface area contributed by atoms with Gasteiger partial charge in [-0.05, 0) is 30.4 Å². The Labute approximate surface area is 162 Å². The van der Waals surface area contributed by atoms with Crippen LogP contribution in [0.1, 0.15) is 31.9 Å². The summed E-state index contributed by atoms with van der Waals surface area (Å²) in [5, 5.41) is 2.95. The third-order valence-corrected chi connectivity index (χ3v) is 4.53. The van der Waals surface area contributed by atoms with E-state index in [9.17, 15) is 9.59 Å². The lowest BCUT2D eigenvalue weighted by Crippen LogP contribution is -2.49. The Kier molecular flexibility index (Phi) is 8.05. The van der Waals surface area contributed by atoms with Gasteiger partial charge in [0.1, 0.15) is 6.04 Å². The maximum absolute atomic E-state index is 13.0. The molecule has 2 aromatic rings. The van der Waals surface area contributed by atoms with E-state index in [1.54, 1.807) is 4.90 Å². The highest BCUT2D eigenvalue weighted by Gasteiger charge is 2.25. The van der Waals surface area contributed by atoms with Gasteiger partial charge < -0.3 is 10.2 Å². The van der Waals surface area contributed by atoms with Crippen LogP contribution in [-0.2, 0) is 22.4 Å². The summed E-state index contributed by atoms with van der Waals surface area (Å²) in [6, 6.07) is 19.2. The van der Waals surface area contributed by atoms with Crippen LogP contribution in [0.5, 0.6) is 0 Å². The number of carbonyl (C=O) groups excluding carboxylic acids is 2. The van der Waals surface area contributed by atoms with Crippen molar-refractivity contribution in [1.82, 2.24) is 10.2 Å². The van der Waals surface area contributed by atoms with Crippen LogP contribution >= 0.6 is 0 Å². The average molecular weight is 367 g/mol. The highest BCUT2D eigenvalue weighted by atomic mass is 16.2. The van der Waals surface area contributed by atoms with Gasteiger partial charge in [0.25, 0.3) is 0 Å². The van der Waals surface area contributed by atoms with Crippen molar-refractivity contribution in [3.05, 3.63) is 71.8 Å². The smallest absolute Gasteiger partial charge is 0.242 e. The summed E-state index contributed by atoms with van der Waals surface area (Å²) in [5.41, 5.74) is 2.12. The second kappa shape index (κ2) is 10.5. The molecular weight excluding hydrogens is 336 g/mol. The second-order valence-corrected chi connectivity index (χ2v) is 7.30. The number of benzene rings is 2. The molecule has 2 amide bonds. The summed E-state index contributed by atoms with van der Waals surface area (Å²) < 4.78 is 0. The van der Waals surface area contributed by atoms with Gasteiger partial charge in [0, 0.05) is 13.1 Å². The molecule has 0 radical (unpaired) electrons. The zero-order valence-corrected chi connectivity index (χ0v) is 16.5. The third kappa shape index (κ3) is 6.89. The standard InChI is InChI=1S/C23H30N2O2/c1-18(2)17-24-23(27)19(3)25(15-14-20-10-6-4-7-11-20)22(26)16-21-12-8-5-9-13-21/h4-13,18-19H,14-17H2,1-3H3,(H,24,27)/t19-/m1/s1. The molecule has 27 heavy (non-hydrogen) atoms. The van der Waals surface area contributed by atoms with Crippen LogP contribution in [0, 0.1) is 5.92 Å². The number of nitrogens with one attached hydrogen (secondary N) is 1. The molecule has 0 saturated heterocycles. The molecule has 0 fully saturated rings. The van der Waals surface area contributed by atoms with Crippen molar-refractivity contribution in [3.63, 3.8) is 0 Å². The van der Waals surface area contributed by atoms with Gasteiger partial charge in [-0.1, -0.05) is 74.5 Å². The fourth-order valence-electron chi connectivity index (χ4n) is 2.89. The first kappa shape index (κ1) is 20.7. The normalized spacial score (nSPS) is 11.9. The predicted molar refractivity (Wildman–Crippen MR) is 109 cm³/mol. The van der Waals surface area contributed by atoms with Crippen LogP contribution in [0.3, 0.4) is 0 Å². The van der Waals surface area contributed by atoms with Gasteiger partial charge in [0.05, 0.1) is 6.42 Å². The van der Waals surface area contributed by atoms with E-state index in [0.29, 0.717) is 25.4 Å². The van der Waals surface area contributed by atoms with E-state index in [1.807, 2.05) is 67.6 Å². The average Bonchev–Trinajstić information content (AvgIpc) is 2.67. The van der Waals surface area contributed by atoms with Gasteiger partial charge in [-0.15, -0.1) is 0 Å². The number of carbonyl (C=O) groups is 2. The van der Waals surface area contributed by atoms with E-state index in [1.165, 1.54) is 0 Å². The minimum Gasteiger partial charge on any atom is -0.354 e. The van der Waals surface area contributed by atoms with Crippen molar-refractivity contribution < 1.29 is 9.59 Å². The molecular formula is C23H30N2O2. The topological polar surface area (TPSA) is 49.4 Å². The van der Waals surface area contributed by atoms with Crippen molar-refractivity contribution in [2.45, 2.75) is 39.7 Å². The number of hydrogen-bond donors (Lipinski definition) is 1. The minimum atomic E-state index is -0.497. The summed E-state index contributed by atoms with van der Waals surface area (Å²) >= 11 is 0. The van der Waals surface area contributed by atoms with E-state index in [-0.39, 0.29) is 11.8 Å². The van der Waals surface area contributed by atoms with Gasteiger partial charge in [-0.2, -0.15) is 0 Å². The molecule has 4 heteroatoms. The van der Waals surface area contributed by atoms with Gasteiger partial charge >= 0.3 is 0 Å². The fraction of sp³-hybridized carbons (Fsp3) is 0.391. The minimum absolute atomic E-state index is 0.0238. The molecule has 4 nitrogen and oxygen atoms in total. The summed E-state index contributed by atoms with van der Waals surface area (Å²) in [6.45, 7) is 7.05. The van der Waals surface area contributed by atoms with Crippen molar-refractivity contribution in [3.8, 4) is 0 Å². The predicted octanol–water partition coefficient (Wildman–Crippen LogP) is 3.46. The van der Waals surface area contributed by atoms with Gasteiger partial charge in [-0.25, -0.2) is 0 Å². The molecule has 2 rings (SSSR count). The number of hydrogen-bond acceptors (Lipinski definition) is 2. The monoisotopic (exact) mass is 366 g/mol. The molecule has 0 saturated carbocycles. The molecule has 0 unspecified atom stereocenters. The van der Waals surface area contributed by atoms with E-state index >= 15 is 0 Å². The Bertz CT molecular complexity index is 714. The van der Waals surface area contributed by atoms with E-state index in [4.69, 9.17) is 0 Å². The Balaban J connectivity index is 2.08. The summed E-state index contributed by atoms with van der Waals surface area (Å²) in [6.07, 6.45) is 1.03. The van der Waals surface area contributed by atoms with Crippen molar-refractivity contribution in [1.29, 1.82) is 0 Å². The lowest BCUT2D eigenvalue weighted by atomic mass is 10.1. The second-order valence-electron chi connectivity index (χ2n) is 7.30. The quantitative estimate of drug-likeness (QED) is 0.739. The first-order chi connectivity index (χ1) is 13.0. The molecule has 0 bridgehead atoms. The highest BCUT2D eigenvalue weighted by Crippen LogP contribution is 2.10. The van der Waals surface area contributed by atoms with E-state index < -0.39 is 6.04 Å². The number of rotatable bonds is 9. The maximum atomic E-state index is 13.0. The van der Waals surface area contributed by atoms with Crippen LogP contribution in [-0.4, -0.2) is 35.8 Å². The lowest BCUT2D eigenvalue weighted by molar-refractivity contribution is -0.139. The van der Waals surface area contributed by atoms with E-state index in [2.05, 4.69) is 19.2 Å². The highest BCUT2D eigenvalue weighted by molar-refractivity contribution is 5.88. The Morgan fingerprint density at radius 3 is 2.00 bits per heavy atom. The van der Waals surface area contributed by atoms with Crippen LogP contribution in [0.15, 0.2) is 60.7 Å². The van der Waals surface area contributed by atoms with Crippen molar-refractivity contribution >= 4 is 11.8 Å². The number of nitrogens with zero attached hydrogens (tertiary/aromatic N) is 1.